The number of methoxy groups -OCH3 is 2. The summed E-state index contributed by atoms with van der Waals surface area (Å²) in [5.74, 6) is -7.62. The highest BCUT2D eigenvalue weighted by Crippen LogP contribution is 2.30. The van der Waals surface area contributed by atoms with Gasteiger partial charge in [0.25, 0.3) is 11.8 Å². The number of aliphatic hydroxyl groups is 1. The summed E-state index contributed by atoms with van der Waals surface area (Å²) in [6, 6.07) is 12.7. The number of rotatable bonds is 37. The van der Waals surface area contributed by atoms with Gasteiger partial charge in [0.2, 0.25) is 59.1 Å². The molecular formula is C73H112N12O17. The SMILES string of the molecule is CC[C@H](C)[C@@H]([C@@H](CC(=O)N1CCC[C@@H]1[C@H](OC)[C@@H](C)C(=O)N[C@H](C)[C@@H](O)c1ccccc1)OC)N(C)C(=O)[C@@H](NC(=O)[C@H](C(C)C)N(C)C(=O)CNC(=O)[C@H](Cc1ccccc1)NC(=O)CNC(=O)CNC(=O)CCN1CCOCCN(C(=O)CCCN2C(=O)C=CC2=O)CCOCC1)C(C)C. The van der Waals surface area contributed by atoms with Crippen LogP contribution in [0.15, 0.2) is 72.8 Å². The molecule has 3 aliphatic rings. The molecule has 29 heteroatoms. The number of benzene rings is 2. The van der Waals surface area contributed by atoms with Crippen molar-refractivity contribution in [3.8, 4) is 0 Å². The first kappa shape index (κ1) is 84.4. The molecule has 7 N–H and O–H groups in total. The minimum atomic E-state index is -1.22. The minimum absolute atomic E-state index is 0.00326. The lowest BCUT2D eigenvalue weighted by Gasteiger charge is -2.41. The maximum atomic E-state index is 14.9. The Hall–Kier alpha value is -8.22. The first-order chi connectivity index (χ1) is 48.6. The molecular weight excluding hydrogens is 1320 g/mol. The lowest BCUT2D eigenvalue weighted by Crippen LogP contribution is -2.61. The summed E-state index contributed by atoms with van der Waals surface area (Å²) >= 11 is 0. The van der Waals surface area contributed by atoms with E-state index >= 15 is 0 Å². The fourth-order valence-electron chi connectivity index (χ4n) is 13.1. The van der Waals surface area contributed by atoms with E-state index in [-0.39, 0.29) is 69.1 Å². The van der Waals surface area contributed by atoms with Crippen LogP contribution < -0.4 is 31.9 Å². The van der Waals surface area contributed by atoms with E-state index in [1.54, 1.807) is 101 Å². The van der Waals surface area contributed by atoms with Gasteiger partial charge in [0.1, 0.15) is 18.1 Å². The van der Waals surface area contributed by atoms with E-state index in [4.69, 9.17) is 18.9 Å². The second kappa shape index (κ2) is 43.0. The summed E-state index contributed by atoms with van der Waals surface area (Å²) in [5, 5.41) is 27.1. The van der Waals surface area contributed by atoms with E-state index in [1.165, 1.54) is 43.2 Å². The molecule has 2 aromatic rings. The topological polar surface area (TPSA) is 354 Å². The number of carbonyl (C=O) groups excluding carboxylic acids is 12. The molecule has 12 amide bonds. The molecule has 29 nitrogen and oxygen atoms in total. The largest absolute Gasteiger partial charge is 0.386 e. The monoisotopic (exact) mass is 1430 g/mol. The van der Waals surface area contributed by atoms with E-state index in [0.29, 0.717) is 89.3 Å². The molecule has 0 spiro atoms. The third kappa shape index (κ3) is 25.9. The molecule has 0 bridgehead atoms. The van der Waals surface area contributed by atoms with Gasteiger partial charge < -0.3 is 75.6 Å². The Morgan fingerprint density at radius 3 is 1.82 bits per heavy atom. The number of nitrogens with one attached hydrogen (secondary N) is 6. The van der Waals surface area contributed by atoms with Gasteiger partial charge in [-0.05, 0) is 55.1 Å². The highest BCUT2D eigenvalue weighted by molar-refractivity contribution is 6.12. The van der Waals surface area contributed by atoms with Crippen molar-refractivity contribution in [2.24, 2.45) is 23.7 Å². The van der Waals surface area contributed by atoms with Gasteiger partial charge in [0.15, 0.2) is 0 Å². The number of nitrogens with zero attached hydrogens (tertiary/aromatic N) is 6. The normalized spacial score (nSPS) is 18.4. The van der Waals surface area contributed by atoms with Gasteiger partial charge in [-0.2, -0.15) is 0 Å². The van der Waals surface area contributed by atoms with E-state index in [1.807, 2.05) is 36.9 Å². The Morgan fingerprint density at radius 2 is 1.24 bits per heavy atom. The summed E-state index contributed by atoms with van der Waals surface area (Å²) in [6.45, 7) is 16.5. The Kier molecular flexibility index (Phi) is 35.6. The van der Waals surface area contributed by atoms with E-state index in [9.17, 15) is 62.6 Å². The van der Waals surface area contributed by atoms with Crippen LogP contribution in [0, 0.1) is 23.7 Å². The highest BCUT2D eigenvalue weighted by Gasteiger charge is 2.44. The van der Waals surface area contributed by atoms with Crippen molar-refractivity contribution in [2.45, 2.75) is 161 Å². The molecule has 102 heavy (non-hydrogen) atoms. The third-order valence-corrected chi connectivity index (χ3v) is 19.2. The average molecular weight is 1430 g/mol. The zero-order chi connectivity index (χ0) is 75.2. The van der Waals surface area contributed by atoms with Gasteiger partial charge in [-0.15, -0.1) is 0 Å². The lowest BCUT2D eigenvalue weighted by molar-refractivity contribution is -0.148. The van der Waals surface area contributed by atoms with Crippen LogP contribution in [0.25, 0.3) is 0 Å². The van der Waals surface area contributed by atoms with Crippen molar-refractivity contribution in [3.05, 3.63) is 83.9 Å². The van der Waals surface area contributed by atoms with E-state index in [0.717, 1.165) is 4.90 Å². The van der Waals surface area contributed by atoms with Gasteiger partial charge in [-0.1, -0.05) is 116 Å². The summed E-state index contributed by atoms with van der Waals surface area (Å²) in [6.07, 6.45) is 2.26. The van der Waals surface area contributed by atoms with Gasteiger partial charge in [0.05, 0.1) is 94.8 Å². The van der Waals surface area contributed by atoms with Crippen molar-refractivity contribution >= 4 is 70.9 Å². The van der Waals surface area contributed by atoms with E-state index in [2.05, 4.69) is 31.9 Å². The first-order valence-electron chi connectivity index (χ1n) is 35.7. The van der Waals surface area contributed by atoms with Crippen molar-refractivity contribution in [1.29, 1.82) is 0 Å². The smallest absolute Gasteiger partial charge is 0.253 e. The van der Waals surface area contributed by atoms with Crippen LogP contribution >= 0.6 is 0 Å². The summed E-state index contributed by atoms with van der Waals surface area (Å²) in [4.78, 5) is 171. The van der Waals surface area contributed by atoms with Crippen LogP contribution in [0.5, 0.6) is 0 Å². The number of likely N-dealkylation sites (tertiary alicyclic amines) is 1. The zero-order valence-electron chi connectivity index (χ0n) is 61.7. The van der Waals surface area contributed by atoms with Crippen molar-refractivity contribution in [3.63, 3.8) is 0 Å². The van der Waals surface area contributed by atoms with Gasteiger partial charge in [-0.25, -0.2) is 0 Å². The first-order valence-corrected chi connectivity index (χ1v) is 35.7. The van der Waals surface area contributed by atoms with Crippen molar-refractivity contribution in [2.75, 3.05) is 120 Å². The van der Waals surface area contributed by atoms with Crippen LogP contribution in [0.1, 0.15) is 118 Å². The van der Waals surface area contributed by atoms with Gasteiger partial charge in [0, 0.05) is 106 Å². The highest BCUT2D eigenvalue weighted by atomic mass is 16.5. The molecule has 11 atom stereocenters. The Morgan fingerprint density at radius 1 is 0.637 bits per heavy atom. The number of imide groups is 1. The number of carbonyl (C=O) groups is 12. The molecule has 2 saturated heterocycles. The Balaban J connectivity index is 1.11. The predicted molar refractivity (Wildman–Crippen MR) is 379 cm³/mol. The fourth-order valence-corrected chi connectivity index (χ4v) is 13.1. The molecule has 0 radical (unpaired) electrons. The quantitative estimate of drug-likeness (QED) is 0.0466. The summed E-state index contributed by atoms with van der Waals surface area (Å²) < 4.78 is 23.7. The summed E-state index contributed by atoms with van der Waals surface area (Å²) in [5.41, 5.74) is 1.34. The molecule has 0 saturated carbocycles. The molecule has 566 valence electrons. The number of ether oxygens (including phenoxy) is 4. The van der Waals surface area contributed by atoms with Crippen molar-refractivity contribution in [1.82, 2.24) is 61.3 Å². The molecule has 3 heterocycles. The standard InChI is InChI=1S/C73H112N12O17/c1-13-49(6)67(56(99-11)43-63(92)84-31-20-26-55(84)69(100-12)50(7)70(95)77-51(8)68(94)53-24-18-15-19-25-53)81(10)73(98)65(47(2)3)79-72(97)66(48(4)5)80(9)64(93)46-76-71(96)54(42-52-22-16-14-17-23-52)78-59(88)45-75-58(87)44-74-57(86)30-33-82-34-38-101-40-36-83(37-41-102-39-35-82)60(89)27-21-32-85-61(90)28-29-62(85)91/h14-19,22-25,28-29,47-51,54-56,65-69,94H,13,20-21,26-27,30-46H2,1-12H3,(H,74,86)(H,75,87)(H,76,96)(H,77,95)(H,78,88)(H,79,97)/t49-,50+,51+,54-,55+,56+,65-,66-,67-,68+,69+/m0/s1. The van der Waals surface area contributed by atoms with Gasteiger partial charge in [-0.3, -0.25) is 67.3 Å². The molecule has 0 unspecified atom stereocenters. The number of hydrogen-bond donors (Lipinski definition) is 7. The van der Waals surface area contributed by atoms with Crippen molar-refractivity contribution < 1.29 is 81.6 Å². The van der Waals surface area contributed by atoms with Crippen LogP contribution in [-0.2, 0) is 82.9 Å². The number of likely N-dealkylation sites (N-methyl/N-ethyl adjacent to an activating group) is 2. The second-order valence-electron chi connectivity index (χ2n) is 27.2. The van der Waals surface area contributed by atoms with Crippen LogP contribution in [0.2, 0.25) is 0 Å². The molecule has 2 aromatic carbocycles. The number of amides is 12. The van der Waals surface area contributed by atoms with Crippen LogP contribution in [-0.4, -0.2) is 274 Å². The Labute approximate surface area is 600 Å². The van der Waals surface area contributed by atoms with Crippen LogP contribution in [0.3, 0.4) is 0 Å². The molecule has 0 aromatic heterocycles. The van der Waals surface area contributed by atoms with Crippen LogP contribution in [0.4, 0.5) is 0 Å². The predicted octanol–water partition coefficient (Wildman–Crippen LogP) is 1.12. The average Bonchev–Trinajstić information content (AvgIpc) is 1.71. The minimum Gasteiger partial charge on any atom is -0.386 e. The molecule has 0 aliphatic carbocycles. The molecule has 3 aliphatic heterocycles. The second-order valence-corrected chi connectivity index (χ2v) is 27.2. The fraction of sp³-hybridized carbons (Fsp3) is 0.644. The van der Waals surface area contributed by atoms with E-state index < -0.39 is 145 Å². The lowest BCUT2D eigenvalue weighted by atomic mass is 9.89. The third-order valence-electron chi connectivity index (χ3n) is 19.2. The maximum Gasteiger partial charge on any atom is 0.253 e. The maximum absolute atomic E-state index is 14.9. The molecule has 2 fully saturated rings. The molecule has 5 rings (SSSR count). The zero-order valence-corrected chi connectivity index (χ0v) is 61.7. The number of hydrogen-bond acceptors (Lipinski definition) is 18. The summed E-state index contributed by atoms with van der Waals surface area (Å²) in [7, 11) is 6.04. The van der Waals surface area contributed by atoms with Gasteiger partial charge >= 0.3 is 0 Å². The number of aliphatic hydroxyl groups excluding tert-OH is 1. The Bertz CT molecular complexity index is 3090.